The van der Waals surface area contributed by atoms with Gasteiger partial charge < -0.3 is 10.4 Å². The first-order valence-corrected chi connectivity index (χ1v) is 7.59. The highest BCUT2D eigenvalue weighted by molar-refractivity contribution is 6.31. The minimum atomic E-state index is 0.228. The molecule has 1 aliphatic carbocycles. The molecular formula is C16H24ClNO. The molecule has 0 heterocycles. The van der Waals surface area contributed by atoms with Crippen molar-refractivity contribution in [2.45, 2.75) is 51.1 Å². The maximum atomic E-state index is 9.39. The summed E-state index contributed by atoms with van der Waals surface area (Å²) in [6, 6.07) is 8.88. The van der Waals surface area contributed by atoms with E-state index in [1.54, 1.807) is 0 Å². The van der Waals surface area contributed by atoms with Crippen LogP contribution in [0.2, 0.25) is 5.02 Å². The highest BCUT2D eigenvalue weighted by Gasteiger charge is 2.32. The van der Waals surface area contributed by atoms with Crippen LogP contribution in [0.25, 0.3) is 0 Å². The number of aliphatic hydroxyl groups is 1. The number of benzene rings is 1. The van der Waals surface area contributed by atoms with Crippen molar-refractivity contribution < 1.29 is 5.11 Å². The number of hydrogen-bond donors (Lipinski definition) is 2. The van der Waals surface area contributed by atoms with Crippen LogP contribution in [-0.4, -0.2) is 23.8 Å². The van der Waals surface area contributed by atoms with E-state index >= 15 is 0 Å². The third kappa shape index (κ3) is 3.95. The van der Waals surface area contributed by atoms with E-state index in [1.165, 1.54) is 5.56 Å². The smallest absolute Gasteiger partial charge is 0.0584 e. The highest BCUT2D eigenvalue weighted by Crippen LogP contribution is 2.40. The van der Waals surface area contributed by atoms with Gasteiger partial charge in [0, 0.05) is 17.1 Å². The van der Waals surface area contributed by atoms with E-state index in [-0.39, 0.29) is 12.6 Å². The van der Waals surface area contributed by atoms with Crippen LogP contribution in [0.4, 0.5) is 0 Å². The zero-order valence-electron chi connectivity index (χ0n) is 11.8. The van der Waals surface area contributed by atoms with E-state index in [0.29, 0.717) is 17.9 Å². The van der Waals surface area contributed by atoms with Gasteiger partial charge in [-0.25, -0.2) is 0 Å². The van der Waals surface area contributed by atoms with Gasteiger partial charge in [0.2, 0.25) is 0 Å². The first kappa shape index (κ1) is 14.8. The minimum absolute atomic E-state index is 0.228. The van der Waals surface area contributed by atoms with Gasteiger partial charge in [-0.3, -0.25) is 0 Å². The average Bonchev–Trinajstić information content (AvgIpc) is 2.32. The molecule has 1 fully saturated rings. The Balaban J connectivity index is 1.81. The Hall–Kier alpha value is -0.570. The second-order valence-electron chi connectivity index (χ2n) is 6.06. The molecule has 2 N–H and O–H groups in total. The molecule has 1 atom stereocenters. The molecule has 0 aliphatic heterocycles. The lowest BCUT2D eigenvalue weighted by atomic mass is 9.75. The lowest BCUT2D eigenvalue weighted by Gasteiger charge is -2.39. The standard InChI is InChI=1S/C16H24ClNO/c1-11(2)7-14(10-19)18-13-8-12(9-13)15-5-3-4-6-16(15)17/h3-6,11-14,18-19H,7-10H2,1-2H3. The third-order valence-electron chi connectivity index (χ3n) is 3.93. The van der Waals surface area contributed by atoms with Crippen LogP contribution >= 0.6 is 11.6 Å². The lowest BCUT2D eigenvalue weighted by Crippen LogP contribution is -2.47. The Morgan fingerprint density at radius 2 is 2.00 bits per heavy atom. The summed E-state index contributed by atoms with van der Waals surface area (Å²) < 4.78 is 0. The highest BCUT2D eigenvalue weighted by atomic mass is 35.5. The molecule has 0 amide bonds. The molecule has 0 radical (unpaired) electrons. The predicted molar refractivity (Wildman–Crippen MR) is 80.7 cm³/mol. The fourth-order valence-electron chi connectivity index (χ4n) is 2.91. The minimum Gasteiger partial charge on any atom is -0.395 e. The molecule has 0 spiro atoms. The van der Waals surface area contributed by atoms with Crippen LogP contribution in [0.3, 0.4) is 0 Å². The SMILES string of the molecule is CC(C)CC(CO)NC1CC(c2ccccc2Cl)C1. The first-order chi connectivity index (χ1) is 9.10. The fraction of sp³-hybridized carbons (Fsp3) is 0.625. The van der Waals surface area contributed by atoms with Crippen molar-refractivity contribution in [3.8, 4) is 0 Å². The van der Waals surface area contributed by atoms with E-state index in [2.05, 4.69) is 31.3 Å². The molecular weight excluding hydrogens is 258 g/mol. The second kappa shape index (κ2) is 6.74. The van der Waals surface area contributed by atoms with Crippen molar-refractivity contribution in [3.05, 3.63) is 34.9 Å². The molecule has 1 aromatic carbocycles. The largest absolute Gasteiger partial charge is 0.395 e. The van der Waals surface area contributed by atoms with E-state index < -0.39 is 0 Å². The van der Waals surface area contributed by atoms with E-state index in [4.69, 9.17) is 11.6 Å². The van der Waals surface area contributed by atoms with Gasteiger partial charge in [-0.05, 0) is 42.7 Å². The topological polar surface area (TPSA) is 32.3 Å². The van der Waals surface area contributed by atoms with Gasteiger partial charge in [0.1, 0.15) is 0 Å². The Morgan fingerprint density at radius 1 is 1.32 bits per heavy atom. The number of hydrogen-bond acceptors (Lipinski definition) is 2. The molecule has 0 aromatic heterocycles. The molecule has 1 aromatic rings. The molecule has 106 valence electrons. The van der Waals surface area contributed by atoms with Gasteiger partial charge in [0.25, 0.3) is 0 Å². The maximum absolute atomic E-state index is 9.39. The van der Waals surface area contributed by atoms with Crippen molar-refractivity contribution in [2.24, 2.45) is 5.92 Å². The molecule has 3 heteroatoms. The van der Waals surface area contributed by atoms with E-state index in [1.807, 2.05) is 12.1 Å². The quantitative estimate of drug-likeness (QED) is 0.835. The van der Waals surface area contributed by atoms with Gasteiger partial charge in [0.15, 0.2) is 0 Å². The summed E-state index contributed by atoms with van der Waals surface area (Å²) in [5, 5.41) is 13.8. The van der Waals surface area contributed by atoms with Crippen LogP contribution in [0.5, 0.6) is 0 Å². The molecule has 2 rings (SSSR count). The van der Waals surface area contributed by atoms with Crippen molar-refractivity contribution in [1.82, 2.24) is 5.32 Å². The van der Waals surface area contributed by atoms with Crippen LogP contribution in [-0.2, 0) is 0 Å². The molecule has 0 bridgehead atoms. The summed E-state index contributed by atoms with van der Waals surface area (Å²) in [6.07, 6.45) is 3.28. The Morgan fingerprint density at radius 3 is 2.58 bits per heavy atom. The number of nitrogens with one attached hydrogen (secondary N) is 1. The summed E-state index contributed by atoms with van der Waals surface area (Å²) in [5.74, 6) is 1.19. The monoisotopic (exact) mass is 281 g/mol. The lowest BCUT2D eigenvalue weighted by molar-refractivity contribution is 0.181. The summed E-state index contributed by atoms with van der Waals surface area (Å²) in [5.41, 5.74) is 1.27. The van der Waals surface area contributed by atoms with Gasteiger partial charge in [-0.2, -0.15) is 0 Å². The second-order valence-corrected chi connectivity index (χ2v) is 6.47. The molecule has 1 saturated carbocycles. The summed E-state index contributed by atoms with van der Waals surface area (Å²) in [6.45, 7) is 4.61. The Kier molecular flexibility index (Phi) is 5.26. The first-order valence-electron chi connectivity index (χ1n) is 7.21. The van der Waals surface area contributed by atoms with Crippen LogP contribution in [0.15, 0.2) is 24.3 Å². The zero-order valence-corrected chi connectivity index (χ0v) is 12.5. The van der Waals surface area contributed by atoms with E-state index in [9.17, 15) is 5.11 Å². The van der Waals surface area contributed by atoms with Crippen molar-refractivity contribution >= 4 is 11.6 Å². The molecule has 1 unspecified atom stereocenters. The third-order valence-corrected chi connectivity index (χ3v) is 4.28. The van der Waals surface area contributed by atoms with Crippen molar-refractivity contribution in [1.29, 1.82) is 0 Å². The molecule has 1 aliphatic rings. The summed E-state index contributed by atoms with van der Waals surface area (Å²) in [4.78, 5) is 0. The summed E-state index contributed by atoms with van der Waals surface area (Å²) >= 11 is 6.22. The van der Waals surface area contributed by atoms with Gasteiger partial charge in [0.05, 0.1) is 6.61 Å². The molecule has 19 heavy (non-hydrogen) atoms. The van der Waals surface area contributed by atoms with Gasteiger partial charge in [-0.15, -0.1) is 0 Å². The number of rotatable bonds is 6. The van der Waals surface area contributed by atoms with Crippen molar-refractivity contribution in [2.75, 3.05) is 6.61 Å². The van der Waals surface area contributed by atoms with Gasteiger partial charge >= 0.3 is 0 Å². The van der Waals surface area contributed by atoms with Gasteiger partial charge in [-0.1, -0.05) is 43.6 Å². The fourth-order valence-corrected chi connectivity index (χ4v) is 3.20. The number of halogens is 1. The molecule has 2 nitrogen and oxygen atoms in total. The van der Waals surface area contributed by atoms with Crippen LogP contribution in [0.1, 0.15) is 44.6 Å². The number of aliphatic hydroxyl groups excluding tert-OH is 1. The van der Waals surface area contributed by atoms with Crippen LogP contribution < -0.4 is 5.32 Å². The summed E-state index contributed by atoms with van der Waals surface area (Å²) in [7, 11) is 0. The molecule has 0 saturated heterocycles. The maximum Gasteiger partial charge on any atom is 0.0584 e. The Bertz CT molecular complexity index is 401. The zero-order chi connectivity index (χ0) is 13.8. The predicted octanol–water partition coefficient (Wildman–Crippen LogP) is 3.58. The van der Waals surface area contributed by atoms with E-state index in [0.717, 1.165) is 24.3 Å². The van der Waals surface area contributed by atoms with Crippen molar-refractivity contribution in [3.63, 3.8) is 0 Å². The van der Waals surface area contributed by atoms with Crippen LogP contribution in [0, 0.1) is 5.92 Å². The average molecular weight is 282 g/mol. The Labute approximate surface area is 121 Å². The normalized spacial score (nSPS) is 24.3.